The molecular weight excluding hydrogens is 162 g/mol. The summed E-state index contributed by atoms with van der Waals surface area (Å²) >= 11 is 0. The van der Waals surface area contributed by atoms with Crippen molar-refractivity contribution in [2.75, 3.05) is 26.2 Å². The summed E-state index contributed by atoms with van der Waals surface area (Å²) < 4.78 is 0. The molecule has 0 amide bonds. The van der Waals surface area contributed by atoms with E-state index in [0.29, 0.717) is 6.04 Å². The van der Waals surface area contributed by atoms with E-state index in [1.165, 1.54) is 38.2 Å². The van der Waals surface area contributed by atoms with Gasteiger partial charge in [0.2, 0.25) is 0 Å². The summed E-state index contributed by atoms with van der Waals surface area (Å²) in [6.07, 6.45) is 4.19. The number of hydrogen-bond donors (Lipinski definition) is 1. The van der Waals surface area contributed by atoms with E-state index < -0.39 is 0 Å². The lowest BCUT2D eigenvalue weighted by Crippen LogP contribution is -2.54. The molecule has 4 heterocycles. The average Bonchev–Trinajstić information content (AvgIpc) is 2.72. The van der Waals surface area contributed by atoms with Gasteiger partial charge < -0.3 is 5.32 Å². The van der Waals surface area contributed by atoms with Crippen molar-refractivity contribution in [1.82, 2.24) is 10.2 Å². The monoisotopic (exact) mass is 179 g/mol. The molecule has 72 valence electrons. The van der Waals surface area contributed by atoms with Crippen LogP contribution in [0.2, 0.25) is 0 Å². The minimum Gasteiger partial charge on any atom is -0.371 e. The third-order valence-corrected chi connectivity index (χ3v) is 3.66. The Bertz CT molecular complexity index is 228. The van der Waals surface area contributed by atoms with E-state index in [2.05, 4.69) is 15.2 Å². The van der Waals surface area contributed by atoms with E-state index in [4.69, 9.17) is 0 Å². The fraction of sp³-hybridized carbons (Fsp3) is 0.900. The zero-order valence-corrected chi connectivity index (χ0v) is 8.00. The Kier molecular flexibility index (Phi) is 1.79. The lowest BCUT2D eigenvalue weighted by Gasteiger charge is -2.45. The maximum absolute atomic E-state index is 4.54. The smallest absolute Gasteiger partial charge is 0.114 e. The van der Waals surface area contributed by atoms with Gasteiger partial charge in [-0.3, -0.25) is 9.89 Å². The average molecular weight is 179 g/mol. The predicted molar refractivity (Wildman–Crippen MR) is 53.0 cm³/mol. The van der Waals surface area contributed by atoms with Crippen molar-refractivity contribution in [2.45, 2.75) is 25.3 Å². The topological polar surface area (TPSA) is 27.6 Å². The van der Waals surface area contributed by atoms with Crippen LogP contribution in [0.15, 0.2) is 4.99 Å². The van der Waals surface area contributed by atoms with Crippen LogP contribution in [0.25, 0.3) is 0 Å². The first-order valence-corrected chi connectivity index (χ1v) is 5.46. The van der Waals surface area contributed by atoms with Crippen molar-refractivity contribution < 1.29 is 0 Å². The number of nitrogens with zero attached hydrogens (tertiary/aromatic N) is 2. The van der Waals surface area contributed by atoms with Crippen molar-refractivity contribution in [2.24, 2.45) is 10.9 Å². The van der Waals surface area contributed by atoms with E-state index >= 15 is 0 Å². The van der Waals surface area contributed by atoms with Crippen LogP contribution in [-0.4, -0.2) is 43.0 Å². The predicted octanol–water partition coefficient (Wildman–Crippen LogP) is 0.472. The Hall–Kier alpha value is -0.570. The Morgan fingerprint density at radius 2 is 2.15 bits per heavy atom. The molecule has 1 N–H and O–H groups in total. The van der Waals surface area contributed by atoms with Crippen molar-refractivity contribution in [1.29, 1.82) is 0 Å². The van der Waals surface area contributed by atoms with E-state index in [1.54, 1.807) is 0 Å². The number of amidine groups is 1. The molecule has 4 aliphatic rings. The summed E-state index contributed by atoms with van der Waals surface area (Å²) in [6, 6.07) is 0.648. The quantitative estimate of drug-likeness (QED) is 0.633. The van der Waals surface area contributed by atoms with Gasteiger partial charge in [-0.2, -0.15) is 0 Å². The highest BCUT2D eigenvalue weighted by molar-refractivity contribution is 5.88. The van der Waals surface area contributed by atoms with Crippen LogP contribution in [0.4, 0.5) is 0 Å². The third-order valence-electron chi connectivity index (χ3n) is 3.66. The van der Waals surface area contributed by atoms with Gasteiger partial charge in [0.05, 0.1) is 12.6 Å². The molecule has 4 rings (SSSR count). The molecule has 0 aromatic rings. The summed E-state index contributed by atoms with van der Waals surface area (Å²) in [7, 11) is 0. The molecule has 0 spiro atoms. The highest BCUT2D eigenvalue weighted by Gasteiger charge is 2.36. The Labute approximate surface area is 79.2 Å². The number of nitrogens with one attached hydrogen (secondary N) is 1. The molecule has 13 heavy (non-hydrogen) atoms. The summed E-state index contributed by atoms with van der Waals surface area (Å²) in [5, 5.41) is 3.42. The Balaban J connectivity index is 1.77. The lowest BCUT2D eigenvalue weighted by atomic mass is 9.83. The molecule has 0 aliphatic carbocycles. The van der Waals surface area contributed by atoms with Gasteiger partial charge >= 0.3 is 0 Å². The summed E-state index contributed by atoms with van der Waals surface area (Å²) in [5.74, 6) is 2.27. The highest BCUT2D eigenvalue weighted by atomic mass is 15.2. The van der Waals surface area contributed by atoms with Crippen molar-refractivity contribution in [3.8, 4) is 0 Å². The minimum atomic E-state index is 0.648. The van der Waals surface area contributed by atoms with Gasteiger partial charge in [0, 0.05) is 6.54 Å². The number of fused-ring (bicyclic) bond motifs is 3. The van der Waals surface area contributed by atoms with Crippen LogP contribution >= 0.6 is 0 Å². The number of hydrogen-bond acceptors (Lipinski definition) is 3. The first kappa shape index (κ1) is 7.80. The summed E-state index contributed by atoms with van der Waals surface area (Å²) in [6.45, 7) is 4.65. The fourth-order valence-electron chi connectivity index (χ4n) is 2.89. The molecule has 3 saturated heterocycles. The summed E-state index contributed by atoms with van der Waals surface area (Å²) in [5.41, 5.74) is 0. The molecule has 1 unspecified atom stereocenters. The molecule has 4 aliphatic heterocycles. The van der Waals surface area contributed by atoms with Gasteiger partial charge in [-0.1, -0.05) is 0 Å². The van der Waals surface area contributed by atoms with Crippen LogP contribution in [-0.2, 0) is 0 Å². The second-order valence-corrected chi connectivity index (χ2v) is 4.42. The molecule has 3 fully saturated rings. The van der Waals surface area contributed by atoms with Crippen LogP contribution in [0.3, 0.4) is 0 Å². The zero-order chi connectivity index (χ0) is 8.67. The number of piperidine rings is 3. The first-order valence-electron chi connectivity index (χ1n) is 5.46. The molecule has 2 bridgehead atoms. The lowest BCUT2D eigenvalue weighted by molar-refractivity contribution is 0.0816. The standard InChI is InChI=1S/C10H17N3/c1-5-13-6-2-8(1)7-9(13)10-11-3-4-12-10/h8-9H,1-7H2,(H,11,12). The molecule has 3 heteroatoms. The SMILES string of the molecule is C1CNC(C2CC3CCN2CC3)=N1. The first-order chi connectivity index (χ1) is 6.43. The van der Waals surface area contributed by atoms with E-state index in [1.807, 2.05) is 0 Å². The molecule has 0 aromatic carbocycles. The number of aliphatic imine (C=N–C) groups is 1. The van der Waals surface area contributed by atoms with Crippen LogP contribution < -0.4 is 5.32 Å². The van der Waals surface area contributed by atoms with Gasteiger partial charge in [0.1, 0.15) is 5.84 Å². The molecule has 0 radical (unpaired) electrons. The largest absolute Gasteiger partial charge is 0.371 e. The maximum atomic E-state index is 4.54. The molecule has 1 atom stereocenters. The Morgan fingerprint density at radius 1 is 1.31 bits per heavy atom. The van der Waals surface area contributed by atoms with E-state index in [9.17, 15) is 0 Å². The number of rotatable bonds is 1. The van der Waals surface area contributed by atoms with Gasteiger partial charge in [0.15, 0.2) is 0 Å². The summed E-state index contributed by atoms with van der Waals surface area (Å²) in [4.78, 5) is 7.15. The molecule has 0 saturated carbocycles. The van der Waals surface area contributed by atoms with Crippen molar-refractivity contribution in [3.63, 3.8) is 0 Å². The second-order valence-electron chi connectivity index (χ2n) is 4.42. The highest BCUT2D eigenvalue weighted by Crippen LogP contribution is 2.32. The van der Waals surface area contributed by atoms with Gasteiger partial charge in [0.25, 0.3) is 0 Å². The van der Waals surface area contributed by atoms with Crippen LogP contribution in [0.5, 0.6) is 0 Å². The maximum Gasteiger partial charge on any atom is 0.114 e. The Morgan fingerprint density at radius 3 is 2.69 bits per heavy atom. The second kappa shape index (κ2) is 2.98. The molecule has 3 nitrogen and oxygen atoms in total. The zero-order valence-electron chi connectivity index (χ0n) is 8.00. The van der Waals surface area contributed by atoms with E-state index in [-0.39, 0.29) is 0 Å². The fourth-order valence-corrected chi connectivity index (χ4v) is 2.89. The van der Waals surface area contributed by atoms with Crippen LogP contribution in [0.1, 0.15) is 19.3 Å². The van der Waals surface area contributed by atoms with Crippen LogP contribution in [0, 0.1) is 5.92 Å². The van der Waals surface area contributed by atoms with Gasteiger partial charge in [-0.15, -0.1) is 0 Å². The van der Waals surface area contributed by atoms with Crippen molar-refractivity contribution >= 4 is 5.84 Å². The molecule has 0 aromatic heterocycles. The molecular formula is C10H17N3. The normalized spacial score (nSPS) is 43.1. The minimum absolute atomic E-state index is 0.648. The van der Waals surface area contributed by atoms with E-state index in [0.717, 1.165) is 19.0 Å². The van der Waals surface area contributed by atoms with Gasteiger partial charge in [-0.05, 0) is 38.3 Å². The van der Waals surface area contributed by atoms with Crippen molar-refractivity contribution in [3.05, 3.63) is 0 Å². The third kappa shape index (κ3) is 1.26. The van der Waals surface area contributed by atoms with Gasteiger partial charge in [-0.25, -0.2) is 0 Å².